The largest absolute Gasteiger partial charge is 0.379 e. The van der Waals surface area contributed by atoms with E-state index >= 15 is 0 Å². The van der Waals surface area contributed by atoms with Crippen LogP contribution >= 0.6 is 0 Å². The van der Waals surface area contributed by atoms with E-state index in [-0.39, 0.29) is 6.04 Å². The molecule has 1 saturated heterocycles. The Labute approximate surface area is 149 Å². The van der Waals surface area contributed by atoms with E-state index in [1.807, 2.05) is 24.3 Å². The van der Waals surface area contributed by atoms with Crippen LogP contribution in [0.1, 0.15) is 24.1 Å². The summed E-state index contributed by atoms with van der Waals surface area (Å²) in [5.41, 5.74) is 2.16. The lowest BCUT2D eigenvalue weighted by molar-refractivity contribution is 0.0730. The summed E-state index contributed by atoms with van der Waals surface area (Å²) in [6.45, 7) is 4.45. The van der Waals surface area contributed by atoms with Crippen LogP contribution in [0.5, 0.6) is 0 Å². The van der Waals surface area contributed by atoms with E-state index in [1.165, 1.54) is 9.87 Å². The Balaban J connectivity index is 1.69. The number of hydrogen-bond donors (Lipinski definition) is 1. The van der Waals surface area contributed by atoms with Crippen LogP contribution in [-0.4, -0.2) is 39.0 Å². The molecule has 134 valence electrons. The lowest BCUT2D eigenvalue weighted by Gasteiger charge is -2.26. The van der Waals surface area contributed by atoms with Gasteiger partial charge in [0.05, 0.1) is 18.1 Å². The average molecular weight is 360 g/mol. The van der Waals surface area contributed by atoms with Gasteiger partial charge in [0.2, 0.25) is 10.0 Å². The fraction of sp³-hybridized carbons (Fsp3) is 0.368. The second-order valence-electron chi connectivity index (χ2n) is 6.18. The van der Waals surface area contributed by atoms with Crippen molar-refractivity contribution in [1.82, 2.24) is 9.62 Å². The summed E-state index contributed by atoms with van der Waals surface area (Å²) in [5.74, 6) is 0. The highest BCUT2D eigenvalue weighted by molar-refractivity contribution is 7.89. The smallest absolute Gasteiger partial charge is 0.243 e. The van der Waals surface area contributed by atoms with Crippen LogP contribution in [0.3, 0.4) is 0 Å². The molecule has 0 saturated carbocycles. The number of sulfonamides is 1. The lowest BCUT2D eigenvalue weighted by atomic mass is 10.1. The molecule has 2 aromatic carbocycles. The van der Waals surface area contributed by atoms with Gasteiger partial charge in [-0.05, 0) is 30.2 Å². The Morgan fingerprint density at radius 3 is 2.52 bits per heavy atom. The Hall–Kier alpha value is -1.73. The molecule has 0 unspecified atom stereocenters. The van der Waals surface area contributed by atoms with Crippen LogP contribution in [-0.2, 0) is 21.3 Å². The Morgan fingerprint density at radius 1 is 1.08 bits per heavy atom. The molecule has 25 heavy (non-hydrogen) atoms. The SMILES string of the molecule is C[C@H](NCc1cccc(S(=O)(=O)N2CCOCC2)c1)c1ccccc1. The maximum Gasteiger partial charge on any atom is 0.243 e. The second kappa shape index (κ2) is 8.10. The minimum absolute atomic E-state index is 0.195. The molecule has 1 atom stereocenters. The fourth-order valence-corrected chi connectivity index (χ4v) is 4.36. The van der Waals surface area contributed by atoms with Crippen molar-refractivity contribution in [1.29, 1.82) is 0 Å². The number of benzene rings is 2. The van der Waals surface area contributed by atoms with E-state index in [2.05, 4.69) is 24.4 Å². The average Bonchev–Trinajstić information content (AvgIpc) is 2.67. The van der Waals surface area contributed by atoms with Crippen LogP contribution in [0.4, 0.5) is 0 Å². The first-order valence-electron chi connectivity index (χ1n) is 8.52. The molecule has 1 aliphatic heterocycles. The molecule has 5 nitrogen and oxygen atoms in total. The van der Waals surface area contributed by atoms with Crippen molar-refractivity contribution in [2.24, 2.45) is 0 Å². The molecule has 1 aliphatic rings. The molecule has 1 N–H and O–H groups in total. The third kappa shape index (κ3) is 4.46. The molecule has 0 bridgehead atoms. The number of nitrogens with one attached hydrogen (secondary N) is 1. The van der Waals surface area contributed by atoms with Gasteiger partial charge in [-0.3, -0.25) is 0 Å². The van der Waals surface area contributed by atoms with Crippen molar-refractivity contribution in [3.63, 3.8) is 0 Å². The molecular weight excluding hydrogens is 336 g/mol. The Morgan fingerprint density at radius 2 is 1.80 bits per heavy atom. The number of ether oxygens (including phenoxy) is 1. The predicted molar refractivity (Wildman–Crippen MR) is 97.7 cm³/mol. The summed E-state index contributed by atoms with van der Waals surface area (Å²) in [5, 5.41) is 3.44. The quantitative estimate of drug-likeness (QED) is 0.860. The third-order valence-electron chi connectivity index (χ3n) is 4.42. The molecule has 0 aliphatic carbocycles. The van der Waals surface area contributed by atoms with Gasteiger partial charge in [0.15, 0.2) is 0 Å². The highest BCUT2D eigenvalue weighted by Crippen LogP contribution is 2.19. The van der Waals surface area contributed by atoms with Gasteiger partial charge in [-0.1, -0.05) is 42.5 Å². The zero-order valence-corrected chi connectivity index (χ0v) is 15.2. The normalized spacial score (nSPS) is 17.3. The Kier molecular flexibility index (Phi) is 5.86. The Bertz CT molecular complexity index is 787. The van der Waals surface area contributed by atoms with E-state index in [9.17, 15) is 8.42 Å². The second-order valence-corrected chi connectivity index (χ2v) is 8.12. The van der Waals surface area contributed by atoms with Crippen LogP contribution in [0.2, 0.25) is 0 Å². The van der Waals surface area contributed by atoms with Gasteiger partial charge in [-0.15, -0.1) is 0 Å². The van der Waals surface area contributed by atoms with Crippen LogP contribution in [0.25, 0.3) is 0 Å². The van der Waals surface area contributed by atoms with Crippen molar-refractivity contribution in [3.05, 3.63) is 65.7 Å². The maximum atomic E-state index is 12.7. The summed E-state index contributed by atoms with van der Waals surface area (Å²) in [7, 11) is -3.45. The number of morpholine rings is 1. The number of rotatable bonds is 6. The van der Waals surface area contributed by atoms with Crippen molar-refractivity contribution in [2.45, 2.75) is 24.4 Å². The maximum absolute atomic E-state index is 12.7. The molecule has 3 rings (SSSR count). The van der Waals surface area contributed by atoms with Gasteiger partial charge in [0.25, 0.3) is 0 Å². The van der Waals surface area contributed by atoms with Gasteiger partial charge >= 0.3 is 0 Å². The topological polar surface area (TPSA) is 58.6 Å². The van der Waals surface area contributed by atoms with Crippen LogP contribution in [0.15, 0.2) is 59.5 Å². The number of nitrogens with zero attached hydrogens (tertiary/aromatic N) is 1. The summed E-state index contributed by atoms with van der Waals surface area (Å²) in [4.78, 5) is 0.348. The first-order chi connectivity index (χ1) is 12.1. The highest BCUT2D eigenvalue weighted by Gasteiger charge is 2.26. The minimum Gasteiger partial charge on any atom is -0.379 e. The molecule has 0 amide bonds. The minimum atomic E-state index is -3.45. The van der Waals surface area contributed by atoms with E-state index in [0.717, 1.165) is 5.56 Å². The molecule has 6 heteroatoms. The van der Waals surface area contributed by atoms with Crippen molar-refractivity contribution in [2.75, 3.05) is 26.3 Å². The first kappa shape index (κ1) is 18.1. The first-order valence-corrected chi connectivity index (χ1v) is 9.96. The summed E-state index contributed by atoms with van der Waals surface area (Å²) in [6.07, 6.45) is 0. The van der Waals surface area contributed by atoms with E-state index in [1.54, 1.807) is 18.2 Å². The molecule has 0 radical (unpaired) electrons. The summed E-state index contributed by atoms with van der Waals surface area (Å²) in [6, 6.07) is 17.6. The molecular formula is C19H24N2O3S. The zero-order chi connectivity index (χ0) is 17.7. The zero-order valence-electron chi connectivity index (χ0n) is 14.4. The van der Waals surface area contributed by atoms with Crippen molar-refractivity contribution in [3.8, 4) is 0 Å². The standard InChI is InChI=1S/C19H24N2O3S/c1-16(18-7-3-2-4-8-18)20-15-17-6-5-9-19(14-17)25(22,23)21-10-12-24-13-11-21/h2-9,14,16,20H,10-13,15H2,1H3/t16-/m0/s1. The predicted octanol–water partition coefficient (Wildman–Crippen LogP) is 2.56. The van der Waals surface area contributed by atoms with E-state index in [0.29, 0.717) is 37.7 Å². The van der Waals surface area contributed by atoms with Gasteiger partial charge in [0.1, 0.15) is 0 Å². The number of hydrogen-bond acceptors (Lipinski definition) is 4. The summed E-state index contributed by atoms with van der Waals surface area (Å²) < 4.78 is 32.2. The van der Waals surface area contributed by atoms with E-state index in [4.69, 9.17) is 4.74 Å². The van der Waals surface area contributed by atoms with E-state index < -0.39 is 10.0 Å². The fourth-order valence-electron chi connectivity index (χ4n) is 2.88. The third-order valence-corrected chi connectivity index (χ3v) is 6.31. The molecule has 0 aromatic heterocycles. The monoisotopic (exact) mass is 360 g/mol. The van der Waals surface area contributed by atoms with Crippen LogP contribution < -0.4 is 5.32 Å². The summed E-state index contributed by atoms with van der Waals surface area (Å²) >= 11 is 0. The van der Waals surface area contributed by atoms with Crippen LogP contribution in [0, 0.1) is 0 Å². The van der Waals surface area contributed by atoms with Crippen molar-refractivity contribution < 1.29 is 13.2 Å². The lowest BCUT2D eigenvalue weighted by Crippen LogP contribution is -2.40. The molecule has 1 heterocycles. The molecule has 2 aromatic rings. The molecule has 1 fully saturated rings. The van der Waals surface area contributed by atoms with Gasteiger partial charge in [-0.25, -0.2) is 8.42 Å². The molecule has 0 spiro atoms. The van der Waals surface area contributed by atoms with Gasteiger partial charge < -0.3 is 10.1 Å². The highest BCUT2D eigenvalue weighted by atomic mass is 32.2. The van der Waals surface area contributed by atoms with Crippen molar-refractivity contribution >= 4 is 10.0 Å². The van der Waals surface area contributed by atoms with Gasteiger partial charge in [-0.2, -0.15) is 4.31 Å². The van der Waals surface area contributed by atoms with Gasteiger partial charge in [0, 0.05) is 25.7 Å².